The van der Waals surface area contributed by atoms with Gasteiger partial charge in [-0.05, 0) is 44.0 Å². The highest BCUT2D eigenvalue weighted by molar-refractivity contribution is 7.89. The van der Waals surface area contributed by atoms with Gasteiger partial charge in [-0.1, -0.05) is 0 Å². The molecule has 3 rings (SSSR count). The summed E-state index contributed by atoms with van der Waals surface area (Å²) in [5.41, 5.74) is 0. The number of carbonyl (C=O) groups excluding carboxylic acids is 1. The summed E-state index contributed by atoms with van der Waals surface area (Å²) in [6.45, 7) is 4.43. The lowest BCUT2D eigenvalue weighted by Crippen LogP contribution is -2.52. The molecular formula is C17H24N2O5S. The first-order valence-electron chi connectivity index (χ1n) is 8.66. The molecule has 0 radical (unpaired) electrons. The molecule has 1 atom stereocenters. The molecule has 25 heavy (non-hydrogen) atoms. The summed E-state index contributed by atoms with van der Waals surface area (Å²) in [6, 6.07) is 6.44. The zero-order chi connectivity index (χ0) is 17.9. The molecule has 0 bridgehead atoms. The van der Waals surface area contributed by atoms with Gasteiger partial charge in [-0.2, -0.15) is 4.31 Å². The Morgan fingerprint density at radius 1 is 1.20 bits per heavy atom. The molecule has 2 aliphatic rings. The van der Waals surface area contributed by atoms with E-state index in [0.717, 1.165) is 12.8 Å². The number of amides is 1. The monoisotopic (exact) mass is 368 g/mol. The minimum Gasteiger partial charge on any atom is -0.494 e. The first-order chi connectivity index (χ1) is 12.0. The lowest BCUT2D eigenvalue weighted by molar-refractivity contribution is -0.142. The van der Waals surface area contributed by atoms with Crippen LogP contribution in [-0.4, -0.2) is 69.0 Å². The van der Waals surface area contributed by atoms with Gasteiger partial charge in [-0.3, -0.25) is 4.79 Å². The number of hydrogen-bond acceptors (Lipinski definition) is 5. The molecule has 0 aromatic heterocycles. The number of piperazine rings is 1. The smallest absolute Gasteiger partial charge is 0.251 e. The fraction of sp³-hybridized carbons (Fsp3) is 0.588. The van der Waals surface area contributed by atoms with Gasteiger partial charge in [0.1, 0.15) is 11.9 Å². The summed E-state index contributed by atoms with van der Waals surface area (Å²) in [4.78, 5) is 14.3. The zero-order valence-corrected chi connectivity index (χ0v) is 15.2. The van der Waals surface area contributed by atoms with Gasteiger partial charge in [-0.15, -0.1) is 0 Å². The van der Waals surface area contributed by atoms with Gasteiger partial charge in [0.05, 0.1) is 11.5 Å². The maximum atomic E-state index is 12.7. The predicted octanol–water partition coefficient (Wildman–Crippen LogP) is 1.10. The van der Waals surface area contributed by atoms with Crippen LogP contribution in [0.1, 0.15) is 19.8 Å². The molecule has 8 heteroatoms. The molecule has 1 aromatic rings. The zero-order valence-electron chi connectivity index (χ0n) is 14.4. The van der Waals surface area contributed by atoms with Gasteiger partial charge in [-0.25, -0.2) is 8.42 Å². The number of ether oxygens (including phenoxy) is 2. The van der Waals surface area contributed by atoms with E-state index in [1.165, 1.54) is 4.31 Å². The second kappa shape index (κ2) is 7.72. The van der Waals surface area contributed by atoms with Crippen LogP contribution in [0.5, 0.6) is 5.75 Å². The van der Waals surface area contributed by atoms with Crippen molar-refractivity contribution in [2.45, 2.75) is 30.8 Å². The van der Waals surface area contributed by atoms with Crippen molar-refractivity contribution in [2.75, 3.05) is 39.4 Å². The van der Waals surface area contributed by atoms with E-state index >= 15 is 0 Å². The van der Waals surface area contributed by atoms with Crippen molar-refractivity contribution < 1.29 is 22.7 Å². The molecule has 0 unspecified atom stereocenters. The normalized spacial score (nSPS) is 22.1. The van der Waals surface area contributed by atoms with Gasteiger partial charge in [0.25, 0.3) is 5.91 Å². The van der Waals surface area contributed by atoms with Crippen LogP contribution in [0.4, 0.5) is 0 Å². The lowest BCUT2D eigenvalue weighted by Gasteiger charge is -2.35. The van der Waals surface area contributed by atoms with Crippen LogP contribution < -0.4 is 4.74 Å². The van der Waals surface area contributed by atoms with E-state index in [9.17, 15) is 13.2 Å². The molecule has 1 aromatic carbocycles. The van der Waals surface area contributed by atoms with Crippen molar-refractivity contribution in [1.29, 1.82) is 0 Å². The summed E-state index contributed by atoms with van der Waals surface area (Å²) >= 11 is 0. The Hall–Kier alpha value is -1.64. The summed E-state index contributed by atoms with van der Waals surface area (Å²) in [5.74, 6) is 0.629. The minimum atomic E-state index is -3.55. The Kier molecular flexibility index (Phi) is 5.61. The SMILES string of the molecule is CCOc1ccc(S(=O)(=O)N2CCN(C(=O)[C@H]3CCCO3)CC2)cc1. The Morgan fingerprint density at radius 3 is 2.44 bits per heavy atom. The predicted molar refractivity (Wildman–Crippen MR) is 91.9 cm³/mol. The van der Waals surface area contributed by atoms with Gasteiger partial charge in [0, 0.05) is 32.8 Å². The third-order valence-electron chi connectivity index (χ3n) is 4.53. The molecule has 1 amide bonds. The van der Waals surface area contributed by atoms with E-state index in [2.05, 4.69) is 0 Å². The van der Waals surface area contributed by atoms with Crippen molar-refractivity contribution in [3.63, 3.8) is 0 Å². The number of nitrogens with zero attached hydrogens (tertiary/aromatic N) is 2. The quantitative estimate of drug-likeness (QED) is 0.778. The number of rotatable bonds is 5. The Balaban J connectivity index is 1.61. The molecule has 7 nitrogen and oxygen atoms in total. The fourth-order valence-electron chi connectivity index (χ4n) is 3.15. The fourth-order valence-corrected chi connectivity index (χ4v) is 4.57. The number of carbonyl (C=O) groups is 1. The van der Waals surface area contributed by atoms with Crippen molar-refractivity contribution in [2.24, 2.45) is 0 Å². The molecular weight excluding hydrogens is 344 g/mol. The van der Waals surface area contributed by atoms with Gasteiger partial charge in [0.15, 0.2) is 0 Å². The summed E-state index contributed by atoms with van der Waals surface area (Å²) < 4.78 is 37.7. The van der Waals surface area contributed by atoms with Crippen molar-refractivity contribution in [3.05, 3.63) is 24.3 Å². The second-order valence-corrected chi connectivity index (χ2v) is 8.07. The standard InChI is InChI=1S/C17H24N2O5S/c1-2-23-14-5-7-15(8-6-14)25(21,22)19-11-9-18(10-12-19)17(20)16-4-3-13-24-16/h5-8,16H,2-4,9-13H2,1H3/t16-/m1/s1. The summed E-state index contributed by atoms with van der Waals surface area (Å²) in [6.07, 6.45) is 1.31. The van der Waals surface area contributed by atoms with Crippen molar-refractivity contribution in [3.8, 4) is 5.75 Å². The van der Waals surface area contributed by atoms with E-state index in [4.69, 9.17) is 9.47 Å². The lowest BCUT2D eigenvalue weighted by atomic mass is 10.2. The Bertz CT molecular complexity index is 690. The van der Waals surface area contributed by atoms with E-state index in [-0.39, 0.29) is 16.9 Å². The van der Waals surface area contributed by atoms with Crippen LogP contribution in [-0.2, 0) is 19.6 Å². The van der Waals surface area contributed by atoms with Crippen molar-refractivity contribution in [1.82, 2.24) is 9.21 Å². The van der Waals surface area contributed by atoms with Crippen LogP contribution in [0, 0.1) is 0 Å². The maximum Gasteiger partial charge on any atom is 0.251 e. The van der Waals surface area contributed by atoms with Crippen LogP contribution in [0.25, 0.3) is 0 Å². The molecule has 0 spiro atoms. The van der Waals surface area contributed by atoms with Crippen molar-refractivity contribution >= 4 is 15.9 Å². The average molecular weight is 368 g/mol. The third-order valence-corrected chi connectivity index (χ3v) is 6.44. The average Bonchev–Trinajstić information content (AvgIpc) is 3.17. The van der Waals surface area contributed by atoms with Gasteiger partial charge >= 0.3 is 0 Å². The molecule has 0 aliphatic carbocycles. The van der Waals surface area contributed by atoms with Crippen LogP contribution in [0.2, 0.25) is 0 Å². The highest BCUT2D eigenvalue weighted by Crippen LogP contribution is 2.22. The molecule has 2 aliphatic heterocycles. The summed E-state index contributed by atoms with van der Waals surface area (Å²) in [5, 5.41) is 0. The topological polar surface area (TPSA) is 76.2 Å². The third kappa shape index (κ3) is 3.96. The van der Waals surface area contributed by atoms with E-state index in [1.54, 1.807) is 29.2 Å². The molecule has 2 fully saturated rings. The maximum absolute atomic E-state index is 12.7. The number of sulfonamides is 1. The molecule has 138 valence electrons. The van der Waals surface area contributed by atoms with E-state index < -0.39 is 10.0 Å². The Labute approximate surface area is 148 Å². The van der Waals surface area contributed by atoms with Crippen LogP contribution in [0.15, 0.2) is 29.2 Å². The Morgan fingerprint density at radius 2 is 1.88 bits per heavy atom. The highest BCUT2D eigenvalue weighted by Gasteiger charge is 2.33. The molecule has 2 heterocycles. The van der Waals surface area contributed by atoms with Gasteiger partial charge in [0.2, 0.25) is 10.0 Å². The largest absolute Gasteiger partial charge is 0.494 e. The van der Waals surface area contributed by atoms with Gasteiger partial charge < -0.3 is 14.4 Å². The second-order valence-electron chi connectivity index (χ2n) is 6.14. The number of hydrogen-bond donors (Lipinski definition) is 0. The molecule has 0 N–H and O–H groups in total. The summed E-state index contributed by atoms with van der Waals surface area (Å²) in [7, 11) is -3.55. The van der Waals surface area contributed by atoms with E-state index in [1.807, 2.05) is 6.92 Å². The molecule has 0 saturated carbocycles. The highest BCUT2D eigenvalue weighted by atomic mass is 32.2. The first kappa shape index (κ1) is 18.2. The minimum absolute atomic E-state index is 0.0179. The first-order valence-corrected chi connectivity index (χ1v) is 10.1. The van der Waals surface area contributed by atoms with E-state index in [0.29, 0.717) is 45.1 Å². The molecule has 2 saturated heterocycles. The van der Waals surface area contributed by atoms with Crippen LogP contribution in [0.3, 0.4) is 0 Å². The van der Waals surface area contributed by atoms with Crippen LogP contribution >= 0.6 is 0 Å². The number of benzene rings is 1.